The maximum Gasteiger partial charge on any atom is 0.337 e. The zero-order valence-electron chi connectivity index (χ0n) is 18.0. The van der Waals surface area contributed by atoms with Gasteiger partial charge in [-0.05, 0) is 38.0 Å². The minimum atomic E-state index is -0.494. The summed E-state index contributed by atoms with van der Waals surface area (Å²) in [6.07, 6.45) is 0. The standard InChI is InChI=1S/C21H30N4O5/c1-5-30-20(27)16-11-22-21(28)24-18(16)12-25(9-10-29-4)13-19(26)23-17-8-6-7-14(2)15(17)3/h6-8H,5,9-13H2,1-4H3,(H,23,26)(H2,22,24,28). The number of benzene rings is 1. The van der Waals surface area contributed by atoms with Crippen molar-refractivity contribution in [3.63, 3.8) is 0 Å². The van der Waals surface area contributed by atoms with Gasteiger partial charge in [-0.25, -0.2) is 9.59 Å². The number of methoxy groups -OCH3 is 1. The van der Waals surface area contributed by atoms with E-state index in [-0.39, 0.29) is 32.1 Å². The lowest BCUT2D eigenvalue weighted by atomic mass is 10.1. The van der Waals surface area contributed by atoms with Crippen LogP contribution in [0.4, 0.5) is 10.5 Å². The Hall–Kier alpha value is -2.91. The van der Waals surface area contributed by atoms with Gasteiger partial charge in [0.25, 0.3) is 0 Å². The molecule has 0 saturated carbocycles. The second kappa shape index (κ2) is 11.3. The summed E-state index contributed by atoms with van der Waals surface area (Å²) < 4.78 is 10.2. The van der Waals surface area contributed by atoms with Crippen LogP contribution in [0.3, 0.4) is 0 Å². The minimum absolute atomic E-state index is 0.0691. The number of aryl methyl sites for hydroxylation is 1. The van der Waals surface area contributed by atoms with Crippen LogP contribution < -0.4 is 16.0 Å². The summed E-state index contributed by atoms with van der Waals surface area (Å²) in [4.78, 5) is 38.5. The highest BCUT2D eigenvalue weighted by Gasteiger charge is 2.25. The zero-order valence-corrected chi connectivity index (χ0v) is 18.0. The van der Waals surface area contributed by atoms with E-state index in [2.05, 4.69) is 16.0 Å². The maximum absolute atomic E-state index is 12.7. The van der Waals surface area contributed by atoms with Gasteiger partial charge in [0.15, 0.2) is 0 Å². The van der Waals surface area contributed by atoms with E-state index in [1.165, 1.54) is 0 Å². The largest absolute Gasteiger partial charge is 0.463 e. The number of hydrogen-bond donors (Lipinski definition) is 3. The van der Waals surface area contributed by atoms with Gasteiger partial charge in [0.05, 0.1) is 31.9 Å². The number of hydrogen-bond acceptors (Lipinski definition) is 6. The number of anilines is 1. The van der Waals surface area contributed by atoms with E-state index >= 15 is 0 Å². The second-order valence-corrected chi connectivity index (χ2v) is 6.98. The summed E-state index contributed by atoms with van der Waals surface area (Å²) in [5.41, 5.74) is 3.62. The average Bonchev–Trinajstić information content (AvgIpc) is 2.70. The van der Waals surface area contributed by atoms with Crippen molar-refractivity contribution in [2.45, 2.75) is 20.8 Å². The van der Waals surface area contributed by atoms with E-state index in [1.807, 2.05) is 36.9 Å². The fourth-order valence-electron chi connectivity index (χ4n) is 3.02. The molecule has 1 aliphatic rings. The van der Waals surface area contributed by atoms with Crippen molar-refractivity contribution >= 4 is 23.6 Å². The summed E-state index contributed by atoms with van der Waals surface area (Å²) in [7, 11) is 1.57. The Morgan fingerprint density at radius 1 is 1.27 bits per heavy atom. The van der Waals surface area contributed by atoms with Gasteiger partial charge < -0.3 is 25.4 Å². The van der Waals surface area contributed by atoms with Crippen molar-refractivity contribution < 1.29 is 23.9 Å². The van der Waals surface area contributed by atoms with Crippen molar-refractivity contribution in [3.05, 3.63) is 40.6 Å². The van der Waals surface area contributed by atoms with Gasteiger partial charge in [-0.1, -0.05) is 12.1 Å². The van der Waals surface area contributed by atoms with Crippen LogP contribution >= 0.6 is 0 Å². The van der Waals surface area contributed by atoms with Gasteiger partial charge in [0.1, 0.15) is 0 Å². The molecule has 0 aliphatic carbocycles. The number of urea groups is 1. The summed E-state index contributed by atoms with van der Waals surface area (Å²) in [6.45, 7) is 7.07. The molecule has 0 atom stereocenters. The Bertz CT molecular complexity index is 822. The first kappa shape index (κ1) is 23.4. The predicted octanol–water partition coefficient (Wildman–Crippen LogP) is 1.32. The highest BCUT2D eigenvalue weighted by molar-refractivity contribution is 5.94. The molecule has 3 amide bonds. The molecule has 1 aromatic carbocycles. The van der Waals surface area contributed by atoms with Crippen LogP contribution in [0.15, 0.2) is 29.5 Å². The van der Waals surface area contributed by atoms with Gasteiger partial charge in [-0.15, -0.1) is 0 Å². The van der Waals surface area contributed by atoms with Crippen LogP contribution in [-0.4, -0.2) is 69.3 Å². The number of nitrogens with one attached hydrogen (secondary N) is 3. The Kier molecular flexibility index (Phi) is 8.82. The van der Waals surface area contributed by atoms with Crippen LogP contribution in [-0.2, 0) is 19.1 Å². The van der Waals surface area contributed by atoms with E-state index in [1.54, 1.807) is 14.0 Å². The van der Waals surface area contributed by atoms with E-state index in [0.29, 0.717) is 24.4 Å². The van der Waals surface area contributed by atoms with Gasteiger partial charge in [0, 0.05) is 31.6 Å². The van der Waals surface area contributed by atoms with Crippen LogP contribution in [0.1, 0.15) is 18.1 Å². The van der Waals surface area contributed by atoms with Crippen molar-refractivity contribution in [2.24, 2.45) is 0 Å². The molecule has 2 rings (SSSR count). The topological polar surface area (TPSA) is 109 Å². The maximum atomic E-state index is 12.7. The smallest absolute Gasteiger partial charge is 0.337 e. The lowest BCUT2D eigenvalue weighted by molar-refractivity contribution is -0.138. The summed E-state index contributed by atoms with van der Waals surface area (Å²) in [5, 5.41) is 8.17. The minimum Gasteiger partial charge on any atom is -0.463 e. The van der Waals surface area contributed by atoms with Crippen molar-refractivity contribution in [2.75, 3.05) is 51.8 Å². The third kappa shape index (κ3) is 6.57. The lowest BCUT2D eigenvalue weighted by Gasteiger charge is -2.27. The van der Waals surface area contributed by atoms with Crippen molar-refractivity contribution in [1.82, 2.24) is 15.5 Å². The van der Waals surface area contributed by atoms with E-state index in [9.17, 15) is 14.4 Å². The SMILES string of the molecule is CCOC(=O)C1=C(CN(CCOC)CC(=O)Nc2cccc(C)c2C)NC(=O)NC1. The number of carbonyl (C=O) groups excluding carboxylic acids is 3. The third-order valence-corrected chi connectivity index (χ3v) is 4.82. The molecule has 0 bridgehead atoms. The fraction of sp³-hybridized carbons (Fsp3) is 0.476. The monoisotopic (exact) mass is 418 g/mol. The molecule has 9 nitrogen and oxygen atoms in total. The van der Waals surface area contributed by atoms with Gasteiger partial charge >= 0.3 is 12.0 Å². The molecule has 3 N–H and O–H groups in total. The van der Waals surface area contributed by atoms with Gasteiger partial charge in [-0.3, -0.25) is 9.69 Å². The summed E-state index contributed by atoms with van der Waals surface area (Å²) in [5.74, 6) is -0.690. The van der Waals surface area contributed by atoms with E-state index in [0.717, 1.165) is 16.8 Å². The summed E-state index contributed by atoms with van der Waals surface area (Å²) in [6, 6.07) is 5.33. The van der Waals surface area contributed by atoms with Crippen molar-refractivity contribution in [3.8, 4) is 0 Å². The zero-order chi connectivity index (χ0) is 22.1. The number of rotatable bonds is 10. The quantitative estimate of drug-likeness (QED) is 0.495. The molecule has 0 fully saturated rings. The Morgan fingerprint density at radius 2 is 2.03 bits per heavy atom. The Balaban J connectivity index is 2.15. The number of nitrogens with zero attached hydrogens (tertiary/aromatic N) is 1. The number of esters is 1. The molecule has 9 heteroatoms. The molecule has 0 spiro atoms. The molecule has 1 heterocycles. The van der Waals surface area contributed by atoms with Crippen LogP contribution in [0.5, 0.6) is 0 Å². The van der Waals surface area contributed by atoms with Crippen LogP contribution in [0, 0.1) is 13.8 Å². The Morgan fingerprint density at radius 3 is 2.73 bits per heavy atom. The predicted molar refractivity (Wildman–Crippen MR) is 113 cm³/mol. The number of amides is 3. The van der Waals surface area contributed by atoms with Crippen LogP contribution in [0.25, 0.3) is 0 Å². The molecule has 0 radical (unpaired) electrons. The molecule has 0 unspecified atom stereocenters. The molecule has 0 aromatic heterocycles. The average molecular weight is 418 g/mol. The molecular formula is C21H30N4O5. The molecule has 1 aromatic rings. The highest BCUT2D eigenvalue weighted by Crippen LogP contribution is 2.18. The molecular weight excluding hydrogens is 388 g/mol. The Labute approximate surface area is 176 Å². The molecule has 30 heavy (non-hydrogen) atoms. The first-order valence-electron chi connectivity index (χ1n) is 9.87. The van der Waals surface area contributed by atoms with Crippen LogP contribution in [0.2, 0.25) is 0 Å². The van der Waals surface area contributed by atoms with E-state index in [4.69, 9.17) is 9.47 Å². The fourth-order valence-corrected chi connectivity index (χ4v) is 3.02. The summed E-state index contributed by atoms with van der Waals surface area (Å²) >= 11 is 0. The highest BCUT2D eigenvalue weighted by atomic mass is 16.5. The van der Waals surface area contributed by atoms with Gasteiger partial charge in [-0.2, -0.15) is 0 Å². The molecule has 164 valence electrons. The van der Waals surface area contributed by atoms with Gasteiger partial charge in [0.2, 0.25) is 5.91 Å². The second-order valence-electron chi connectivity index (χ2n) is 6.98. The number of carbonyl (C=O) groups is 3. The number of ether oxygens (including phenoxy) is 2. The normalized spacial score (nSPS) is 13.7. The third-order valence-electron chi connectivity index (χ3n) is 4.82. The van der Waals surface area contributed by atoms with E-state index < -0.39 is 12.0 Å². The van der Waals surface area contributed by atoms with Crippen molar-refractivity contribution in [1.29, 1.82) is 0 Å². The first-order chi connectivity index (χ1) is 14.3. The molecule has 0 saturated heterocycles. The first-order valence-corrected chi connectivity index (χ1v) is 9.87. The molecule has 1 aliphatic heterocycles. The lowest BCUT2D eigenvalue weighted by Crippen LogP contribution is -2.48.